The monoisotopic (exact) mass is 239 g/mol. The van der Waals surface area contributed by atoms with E-state index in [0.717, 1.165) is 0 Å². The van der Waals surface area contributed by atoms with Crippen molar-refractivity contribution in [3.05, 3.63) is 33.7 Å². The van der Waals surface area contributed by atoms with Gasteiger partial charge in [0.15, 0.2) is 0 Å². The van der Waals surface area contributed by atoms with Gasteiger partial charge >= 0.3 is 5.97 Å². The third-order valence-electron chi connectivity index (χ3n) is 2.37. The summed E-state index contributed by atoms with van der Waals surface area (Å²) in [5.41, 5.74) is 0.780. The zero-order valence-electron chi connectivity index (χ0n) is 10.4. The normalized spacial score (nSPS) is 10.3. The molecule has 1 aromatic rings. The van der Waals surface area contributed by atoms with E-state index in [-0.39, 0.29) is 5.56 Å². The molecule has 0 aliphatic rings. The van der Waals surface area contributed by atoms with Crippen LogP contribution in [0.1, 0.15) is 22.8 Å². The summed E-state index contributed by atoms with van der Waals surface area (Å²) in [6.07, 6.45) is 1.50. The number of carbonyl (C=O) groups is 1. The number of aromatic nitrogens is 1. The van der Waals surface area contributed by atoms with Crippen molar-refractivity contribution in [3.8, 4) is 0 Å². The maximum atomic E-state index is 11.8. The molecule has 0 amide bonds. The molecule has 94 valence electrons. The van der Waals surface area contributed by atoms with Gasteiger partial charge in [0.05, 0.1) is 19.3 Å². The van der Waals surface area contributed by atoms with E-state index < -0.39 is 5.97 Å². The zero-order valence-corrected chi connectivity index (χ0v) is 10.4. The van der Waals surface area contributed by atoms with Gasteiger partial charge in [-0.3, -0.25) is 4.79 Å². The fourth-order valence-corrected chi connectivity index (χ4v) is 1.49. The number of pyridine rings is 1. The highest BCUT2D eigenvalue weighted by molar-refractivity contribution is 5.89. The van der Waals surface area contributed by atoms with Gasteiger partial charge in [-0.15, -0.1) is 0 Å². The van der Waals surface area contributed by atoms with Crippen LogP contribution >= 0.6 is 0 Å². The lowest BCUT2D eigenvalue weighted by molar-refractivity contribution is 0.0599. The van der Waals surface area contributed by atoms with Crippen molar-refractivity contribution >= 4 is 5.97 Å². The minimum atomic E-state index is -0.446. The number of aryl methyl sites for hydroxylation is 1. The summed E-state index contributed by atoms with van der Waals surface area (Å²) in [7, 11) is 1.31. The van der Waals surface area contributed by atoms with E-state index in [1.807, 2.05) is 6.92 Å². The number of methoxy groups -OCH3 is 1. The fraction of sp³-hybridized carbons (Fsp3) is 0.500. The second kappa shape index (κ2) is 6.20. The van der Waals surface area contributed by atoms with Crippen LogP contribution in [0.15, 0.2) is 17.1 Å². The lowest BCUT2D eigenvalue weighted by atomic mass is 10.2. The van der Waals surface area contributed by atoms with Crippen LogP contribution in [0.25, 0.3) is 0 Å². The van der Waals surface area contributed by atoms with Crippen LogP contribution < -0.4 is 5.56 Å². The smallest absolute Gasteiger partial charge is 0.339 e. The van der Waals surface area contributed by atoms with E-state index in [4.69, 9.17) is 4.74 Å². The maximum Gasteiger partial charge on any atom is 0.339 e. The summed E-state index contributed by atoms with van der Waals surface area (Å²) in [6, 6.07) is 1.53. The lowest BCUT2D eigenvalue weighted by Gasteiger charge is -2.09. The van der Waals surface area contributed by atoms with Crippen LogP contribution in [-0.4, -0.2) is 30.9 Å². The topological polar surface area (TPSA) is 57.5 Å². The molecule has 17 heavy (non-hydrogen) atoms. The Kier molecular flexibility index (Phi) is 4.90. The van der Waals surface area contributed by atoms with Gasteiger partial charge in [0.2, 0.25) is 0 Å². The SMILES string of the molecule is CCOCCn1cc(C(=O)OC)cc(C)c1=O. The molecule has 0 bridgehead atoms. The summed E-state index contributed by atoms with van der Waals surface area (Å²) in [4.78, 5) is 23.2. The average molecular weight is 239 g/mol. The molecule has 0 aromatic carbocycles. The van der Waals surface area contributed by atoms with Gasteiger partial charge in [-0.2, -0.15) is 0 Å². The molecule has 0 aliphatic carbocycles. The zero-order chi connectivity index (χ0) is 12.8. The number of ether oxygens (including phenoxy) is 2. The lowest BCUT2D eigenvalue weighted by Crippen LogP contribution is -2.25. The van der Waals surface area contributed by atoms with E-state index in [9.17, 15) is 9.59 Å². The molecular weight excluding hydrogens is 222 g/mol. The van der Waals surface area contributed by atoms with E-state index in [2.05, 4.69) is 4.74 Å². The van der Waals surface area contributed by atoms with Crippen LogP contribution in [0, 0.1) is 6.92 Å². The highest BCUT2D eigenvalue weighted by Crippen LogP contribution is 2.02. The van der Waals surface area contributed by atoms with Crippen molar-refractivity contribution in [2.24, 2.45) is 0 Å². The van der Waals surface area contributed by atoms with Gasteiger partial charge in [-0.25, -0.2) is 4.79 Å². The molecule has 5 nitrogen and oxygen atoms in total. The van der Waals surface area contributed by atoms with Crippen LogP contribution in [0.5, 0.6) is 0 Å². The van der Waals surface area contributed by atoms with Crippen molar-refractivity contribution in [3.63, 3.8) is 0 Å². The van der Waals surface area contributed by atoms with Gasteiger partial charge in [-0.1, -0.05) is 0 Å². The van der Waals surface area contributed by atoms with Crippen molar-refractivity contribution in [1.29, 1.82) is 0 Å². The van der Waals surface area contributed by atoms with Crippen molar-refractivity contribution in [2.75, 3.05) is 20.3 Å². The van der Waals surface area contributed by atoms with Crippen molar-refractivity contribution < 1.29 is 14.3 Å². The van der Waals surface area contributed by atoms with E-state index in [1.165, 1.54) is 23.9 Å². The molecular formula is C12H17NO4. The number of hydrogen-bond donors (Lipinski definition) is 0. The molecule has 0 fully saturated rings. The molecule has 5 heteroatoms. The second-order valence-electron chi connectivity index (χ2n) is 3.60. The molecule has 0 atom stereocenters. The molecule has 0 unspecified atom stereocenters. The highest BCUT2D eigenvalue weighted by Gasteiger charge is 2.09. The number of hydrogen-bond acceptors (Lipinski definition) is 4. The van der Waals surface area contributed by atoms with Gasteiger partial charge < -0.3 is 14.0 Å². The number of carbonyl (C=O) groups excluding carboxylic acids is 1. The maximum absolute atomic E-state index is 11.8. The molecule has 0 spiro atoms. The van der Waals surface area contributed by atoms with Gasteiger partial charge in [0.1, 0.15) is 0 Å². The first-order chi connectivity index (χ1) is 8.10. The number of esters is 1. The van der Waals surface area contributed by atoms with Crippen LogP contribution in [0.3, 0.4) is 0 Å². The average Bonchev–Trinajstić information content (AvgIpc) is 2.33. The number of rotatable bonds is 5. The Balaban J connectivity index is 2.99. The Morgan fingerprint density at radius 3 is 2.76 bits per heavy atom. The predicted octanol–water partition coefficient (Wildman–Crippen LogP) is 0.980. The summed E-state index contributed by atoms with van der Waals surface area (Å²) < 4.78 is 11.3. The van der Waals surface area contributed by atoms with E-state index >= 15 is 0 Å². The standard InChI is InChI=1S/C12H17NO4/c1-4-17-6-5-13-8-10(12(15)16-3)7-9(2)11(13)14/h7-8H,4-6H2,1-3H3. The third-order valence-corrected chi connectivity index (χ3v) is 2.37. The van der Waals surface area contributed by atoms with Crippen LogP contribution in [0.4, 0.5) is 0 Å². The quantitative estimate of drug-likeness (QED) is 0.567. The Bertz CT molecular complexity index is 450. The van der Waals surface area contributed by atoms with Crippen LogP contribution in [-0.2, 0) is 16.0 Å². The first kappa shape index (κ1) is 13.4. The second-order valence-corrected chi connectivity index (χ2v) is 3.60. The highest BCUT2D eigenvalue weighted by atomic mass is 16.5. The minimum Gasteiger partial charge on any atom is -0.465 e. The predicted molar refractivity (Wildman–Crippen MR) is 63.3 cm³/mol. The Morgan fingerprint density at radius 1 is 1.47 bits per heavy atom. The third kappa shape index (κ3) is 3.42. The van der Waals surface area contributed by atoms with Gasteiger partial charge in [0.25, 0.3) is 5.56 Å². The largest absolute Gasteiger partial charge is 0.465 e. The van der Waals surface area contributed by atoms with Crippen molar-refractivity contribution in [1.82, 2.24) is 4.57 Å². The van der Waals surface area contributed by atoms with Gasteiger partial charge in [0, 0.05) is 24.9 Å². The van der Waals surface area contributed by atoms with E-state index in [1.54, 1.807) is 6.92 Å². The molecule has 1 heterocycles. The molecule has 0 aliphatic heterocycles. The fourth-order valence-electron chi connectivity index (χ4n) is 1.49. The van der Waals surface area contributed by atoms with E-state index in [0.29, 0.717) is 30.9 Å². The summed E-state index contributed by atoms with van der Waals surface area (Å²) in [5.74, 6) is -0.446. The van der Waals surface area contributed by atoms with Crippen LogP contribution in [0.2, 0.25) is 0 Å². The molecule has 1 rings (SSSR count). The number of nitrogens with zero attached hydrogens (tertiary/aromatic N) is 1. The molecule has 0 saturated heterocycles. The summed E-state index contributed by atoms with van der Waals surface area (Å²) in [5, 5.41) is 0. The Labute approximate surface area is 100.0 Å². The summed E-state index contributed by atoms with van der Waals surface area (Å²) >= 11 is 0. The van der Waals surface area contributed by atoms with Gasteiger partial charge in [-0.05, 0) is 19.9 Å². The molecule has 1 aromatic heterocycles. The Morgan fingerprint density at radius 2 is 2.18 bits per heavy atom. The molecule has 0 N–H and O–H groups in total. The molecule has 0 radical (unpaired) electrons. The Hall–Kier alpha value is -1.62. The molecule has 0 saturated carbocycles. The summed E-state index contributed by atoms with van der Waals surface area (Å²) in [6.45, 7) is 5.04. The minimum absolute atomic E-state index is 0.114. The first-order valence-electron chi connectivity index (χ1n) is 5.47. The first-order valence-corrected chi connectivity index (χ1v) is 5.47. The van der Waals surface area contributed by atoms with Crippen molar-refractivity contribution in [2.45, 2.75) is 20.4 Å².